The first-order valence-electron chi connectivity index (χ1n) is 4.26. The Bertz CT molecular complexity index is 362. The second kappa shape index (κ2) is 3.14. The molecule has 2 nitrogen and oxygen atoms in total. The highest BCUT2D eigenvalue weighted by Crippen LogP contribution is 2.34. The molecule has 13 heavy (non-hydrogen) atoms. The van der Waals surface area contributed by atoms with Gasteiger partial charge in [0, 0.05) is 4.47 Å². The predicted octanol–water partition coefficient (Wildman–Crippen LogP) is 1.96. The lowest BCUT2D eigenvalue weighted by Gasteiger charge is -2.06. The molecule has 0 aromatic heterocycles. The molecule has 3 heteroatoms. The number of aryl methyl sites for hydroxylation is 1. The normalized spacial score (nSPS) is 19.9. The fourth-order valence-electron chi connectivity index (χ4n) is 1.88. The first kappa shape index (κ1) is 8.75. The van der Waals surface area contributed by atoms with Crippen molar-refractivity contribution in [3.05, 3.63) is 33.8 Å². The maximum Gasteiger partial charge on any atom is 0.224 e. The van der Waals surface area contributed by atoms with Crippen molar-refractivity contribution in [1.29, 1.82) is 0 Å². The molecule has 1 aliphatic carbocycles. The Morgan fingerprint density at radius 2 is 2.31 bits per heavy atom. The molecule has 1 unspecified atom stereocenters. The Morgan fingerprint density at radius 1 is 1.54 bits per heavy atom. The summed E-state index contributed by atoms with van der Waals surface area (Å²) >= 11 is 3.41. The third-order valence-electron chi connectivity index (χ3n) is 2.53. The van der Waals surface area contributed by atoms with E-state index in [1.54, 1.807) is 0 Å². The van der Waals surface area contributed by atoms with Crippen molar-refractivity contribution in [2.24, 2.45) is 5.73 Å². The van der Waals surface area contributed by atoms with Crippen LogP contribution in [0, 0.1) is 0 Å². The Morgan fingerprint density at radius 3 is 3.00 bits per heavy atom. The van der Waals surface area contributed by atoms with Crippen LogP contribution in [0.25, 0.3) is 0 Å². The molecule has 1 atom stereocenters. The van der Waals surface area contributed by atoms with Gasteiger partial charge >= 0.3 is 0 Å². The molecule has 1 aromatic carbocycles. The number of primary amides is 1. The van der Waals surface area contributed by atoms with Gasteiger partial charge in [0.2, 0.25) is 5.91 Å². The van der Waals surface area contributed by atoms with Crippen molar-refractivity contribution in [3.63, 3.8) is 0 Å². The smallest absolute Gasteiger partial charge is 0.224 e. The van der Waals surface area contributed by atoms with Gasteiger partial charge in [-0.1, -0.05) is 22.0 Å². The fraction of sp³-hybridized carbons (Fsp3) is 0.300. The van der Waals surface area contributed by atoms with E-state index in [9.17, 15) is 4.79 Å². The summed E-state index contributed by atoms with van der Waals surface area (Å²) in [4.78, 5) is 11.1. The Kier molecular flexibility index (Phi) is 2.12. The fourth-order valence-corrected chi connectivity index (χ4v) is 2.29. The molecule has 1 amide bonds. The molecular weight excluding hydrogens is 230 g/mol. The zero-order chi connectivity index (χ0) is 9.42. The van der Waals surface area contributed by atoms with E-state index in [1.807, 2.05) is 12.1 Å². The summed E-state index contributed by atoms with van der Waals surface area (Å²) in [6.45, 7) is 0. The van der Waals surface area contributed by atoms with Gasteiger partial charge in [0.15, 0.2) is 0 Å². The largest absolute Gasteiger partial charge is 0.369 e. The summed E-state index contributed by atoms with van der Waals surface area (Å²) in [7, 11) is 0. The van der Waals surface area contributed by atoms with E-state index in [2.05, 4.69) is 22.0 Å². The summed E-state index contributed by atoms with van der Waals surface area (Å²) in [6, 6.07) is 6.01. The quantitative estimate of drug-likeness (QED) is 0.801. The molecule has 0 radical (unpaired) electrons. The number of halogens is 1. The van der Waals surface area contributed by atoms with Crippen LogP contribution in [-0.4, -0.2) is 5.91 Å². The minimum atomic E-state index is -0.207. The van der Waals surface area contributed by atoms with Crippen molar-refractivity contribution >= 4 is 21.8 Å². The van der Waals surface area contributed by atoms with Gasteiger partial charge in [0.1, 0.15) is 0 Å². The summed E-state index contributed by atoms with van der Waals surface area (Å²) in [5, 5.41) is 0. The predicted molar refractivity (Wildman–Crippen MR) is 54.4 cm³/mol. The Balaban J connectivity index is 2.44. The standard InChI is InChI=1S/C10H10BrNO/c11-7-2-4-8-6(5-7)1-3-9(8)10(12)13/h2,4-5,9H,1,3H2,(H2,12,13). The van der Waals surface area contributed by atoms with Crippen molar-refractivity contribution < 1.29 is 4.79 Å². The van der Waals surface area contributed by atoms with Gasteiger partial charge in [-0.25, -0.2) is 0 Å². The van der Waals surface area contributed by atoms with E-state index >= 15 is 0 Å². The van der Waals surface area contributed by atoms with Crippen LogP contribution in [0.2, 0.25) is 0 Å². The lowest BCUT2D eigenvalue weighted by atomic mass is 10.0. The highest BCUT2D eigenvalue weighted by atomic mass is 79.9. The van der Waals surface area contributed by atoms with Gasteiger partial charge in [0.05, 0.1) is 5.92 Å². The Labute approximate surface area is 85.3 Å². The number of nitrogens with two attached hydrogens (primary N) is 1. The van der Waals surface area contributed by atoms with Gasteiger partial charge in [-0.05, 0) is 36.1 Å². The maximum absolute atomic E-state index is 11.1. The highest BCUT2D eigenvalue weighted by molar-refractivity contribution is 9.10. The van der Waals surface area contributed by atoms with E-state index < -0.39 is 0 Å². The second-order valence-corrected chi connectivity index (χ2v) is 4.25. The van der Waals surface area contributed by atoms with Crippen LogP contribution in [0.3, 0.4) is 0 Å². The van der Waals surface area contributed by atoms with Crippen LogP contribution in [0.1, 0.15) is 23.5 Å². The van der Waals surface area contributed by atoms with Crippen LogP contribution < -0.4 is 5.73 Å². The Hall–Kier alpha value is -0.830. The second-order valence-electron chi connectivity index (χ2n) is 3.34. The third-order valence-corrected chi connectivity index (χ3v) is 3.02. The number of carbonyl (C=O) groups is 1. The highest BCUT2D eigenvalue weighted by Gasteiger charge is 2.26. The van der Waals surface area contributed by atoms with Crippen LogP contribution in [-0.2, 0) is 11.2 Å². The molecular formula is C10H10BrNO. The first-order valence-corrected chi connectivity index (χ1v) is 5.05. The van der Waals surface area contributed by atoms with Gasteiger partial charge in [-0.15, -0.1) is 0 Å². The lowest BCUT2D eigenvalue weighted by molar-refractivity contribution is -0.119. The number of amides is 1. The molecule has 2 N–H and O–H groups in total. The van der Waals surface area contributed by atoms with E-state index in [4.69, 9.17) is 5.73 Å². The lowest BCUT2D eigenvalue weighted by Crippen LogP contribution is -2.19. The topological polar surface area (TPSA) is 43.1 Å². The minimum Gasteiger partial charge on any atom is -0.369 e. The molecule has 0 bridgehead atoms. The molecule has 0 aliphatic heterocycles. The zero-order valence-corrected chi connectivity index (χ0v) is 8.67. The van der Waals surface area contributed by atoms with Gasteiger partial charge in [-0.2, -0.15) is 0 Å². The van der Waals surface area contributed by atoms with Crippen LogP contribution in [0.5, 0.6) is 0 Å². The van der Waals surface area contributed by atoms with E-state index in [-0.39, 0.29) is 11.8 Å². The molecule has 0 fully saturated rings. The van der Waals surface area contributed by atoms with Gasteiger partial charge in [0.25, 0.3) is 0 Å². The van der Waals surface area contributed by atoms with Crippen molar-refractivity contribution in [3.8, 4) is 0 Å². The number of fused-ring (bicyclic) bond motifs is 1. The van der Waals surface area contributed by atoms with Crippen molar-refractivity contribution in [2.75, 3.05) is 0 Å². The number of hydrogen-bond acceptors (Lipinski definition) is 1. The van der Waals surface area contributed by atoms with E-state index in [0.717, 1.165) is 22.9 Å². The first-order chi connectivity index (χ1) is 6.18. The maximum atomic E-state index is 11.1. The molecule has 1 aromatic rings. The average Bonchev–Trinajstić information content (AvgIpc) is 2.46. The average molecular weight is 240 g/mol. The zero-order valence-electron chi connectivity index (χ0n) is 7.09. The van der Waals surface area contributed by atoms with Crippen LogP contribution in [0.4, 0.5) is 0 Å². The molecule has 1 aliphatic rings. The summed E-state index contributed by atoms with van der Waals surface area (Å²) < 4.78 is 1.07. The summed E-state index contributed by atoms with van der Waals surface area (Å²) in [6.07, 6.45) is 1.82. The SMILES string of the molecule is NC(=O)C1CCc2cc(Br)ccc21. The molecule has 0 spiro atoms. The third kappa shape index (κ3) is 1.48. The number of rotatable bonds is 1. The van der Waals surface area contributed by atoms with Crippen LogP contribution >= 0.6 is 15.9 Å². The van der Waals surface area contributed by atoms with E-state index in [1.165, 1.54) is 5.56 Å². The minimum absolute atomic E-state index is 0.0666. The van der Waals surface area contributed by atoms with Gasteiger partial charge in [-0.3, -0.25) is 4.79 Å². The molecule has 0 saturated carbocycles. The van der Waals surface area contributed by atoms with Crippen LogP contribution in [0.15, 0.2) is 22.7 Å². The van der Waals surface area contributed by atoms with Crippen molar-refractivity contribution in [2.45, 2.75) is 18.8 Å². The number of benzene rings is 1. The monoisotopic (exact) mass is 239 g/mol. The molecule has 0 heterocycles. The van der Waals surface area contributed by atoms with Crippen molar-refractivity contribution in [1.82, 2.24) is 0 Å². The number of carbonyl (C=O) groups excluding carboxylic acids is 1. The summed E-state index contributed by atoms with van der Waals surface area (Å²) in [5.74, 6) is -0.274. The molecule has 2 rings (SSSR count). The molecule has 0 saturated heterocycles. The number of hydrogen-bond donors (Lipinski definition) is 1. The van der Waals surface area contributed by atoms with E-state index in [0.29, 0.717) is 0 Å². The van der Waals surface area contributed by atoms with Gasteiger partial charge < -0.3 is 5.73 Å². The molecule has 68 valence electrons. The summed E-state index contributed by atoms with van der Waals surface area (Å²) in [5.41, 5.74) is 7.66.